The second-order valence-electron chi connectivity index (χ2n) is 6.79. The zero-order valence-electron chi connectivity index (χ0n) is 16.8. The van der Waals surface area contributed by atoms with Crippen LogP contribution in [0.1, 0.15) is 22.3 Å². The molecule has 0 radical (unpaired) electrons. The Morgan fingerprint density at radius 3 is 2.64 bits per heavy atom. The van der Waals surface area contributed by atoms with Gasteiger partial charge in [0.15, 0.2) is 16.7 Å². The lowest BCUT2D eigenvalue weighted by Gasteiger charge is -2.19. The molecule has 148 valence electrons. The number of methoxy groups -OCH3 is 2. The molecule has 1 aliphatic rings. The lowest BCUT2D eigenvalue weighted by molar-refractivity contribution is -0.126. The van der Waals surface area contributed by atoms with Crippen LogP contribution in [0.2, 0.25) is 0 Å². The Morgan fingerprint density at radius 2 is 1.89 bits per heavy atom. The van der Waals surface area contributed by atoms with Crippen LogP contribution in [0.4, 0.5) is 0 Å². The summed E-state index contributed by atoms with van der Waals surface area (Å²) < 4.78 is 10.6. The minimum atomic E-state index is 0.0527. The molecule has 2 aromatic rings. The molecule has 0 saturated heterocycles. The molecule has 0 bridgehead atoms. The fourth-order valence-corrected chi connectivity index (χ4v) is 4.27. The van der Waals surface area contributed by atoms with Crippen molar-refractivity contribution in [1.82, 2.24) is 4.90 Å². The number of amidine groups is 1. The first-order valence-corrected chi connectivity index (χ1v) is 10.2. The van der Waals surface area contributed by atoms with E-state index in [1.807, 2.05) is 18.2 Å². The normalized spacial score (nSPS) is 13.4. The van der Waals surface area contributed by atoms with Gasteiger partial charge in [-0.2, -0.15) is 0 Å². The Morgan fingerprint density at radius 1 is 1.11 bits per heavy atom. The van der Waals surface area contributed by atoms with Gasteiger partial charge in [-0.25, -0.2) is 0 Å². The monoisotopic (exact) mass is 398 g/mol. The smallest absolute Gasteiger partial charge is 0.233 e. The average Bonchev–Trinajstić information content (AvgIpc) is 3.17. The van der Waals surface area contributed by atoms with Gasteiger partial charge in [0.25, 0.3) is 0 Å². The average molecular weight is 399 g/mol. The van der Waals surface area contributed by atoms with Crippen molar-refractivity contribution in [1.29, 1.82) is 0 Å². The summed E-state index contributed by atoms with van der Waals surface area (Å²) in [6, 6.07) is 12.0. The predicted octanol–water partition coefficient (Wildman–Crippen LogP) is 3.99. The molecular formula is C22H26N2O3S. The molecule has 28 heavy (non-hydrogen) atoms. The maximum Gasteiger partial charge on any atom is 0.233 e. The lowest BCUT2D eigenvalue weighted by Crippen LogP contribution is -2.34. The SMILES string of the molecule is COc1ccc(CC(=O)N2CCN=C2SCc2cc(C)ccc2C)cc1OC. The molecule has 0 aromatic heterocycles. The first-order valence-electron chi connectivity index (χ1n) is 9.26. The summed E-state index contributed by atoms with van der Waals surface area (Å²) in [6.07, 6.45) is 0.309. The van der Waals surface area contributed by atoms with Crippen LogP contribution in [0.3, 0.4) is 0 Å². The predicted molar refractivity (Wildman–Crippen MR) is 114 cm³/mol. The maximum atomic E-state index is 12.9. The quantitative estimate of drug-likeness (QED) is 0.738. The van der Waals surface area contributed by atoms with Crippen molar-refractivity contribution in [3.05, 3.63) is 58.7 Å². The largest absolute Gasteiger partial charge is 0.493 e. The van der Waals surface area contributed by atoms with Crippen molar-refractivity contribution in [2.75, 3.05) is 27.3 Å². The molecule has 1 amide bonds. The highest BCUT2D eigenvalue weighted by Crippen LogP contribution is 2.28. The van der Waals surface area contributed by atoms with E-state index in [1.54, 1.807) is 30.9 Å². The van der Waals surface area contributed by atoms with Crippen molar-refractivity contribution < 1.29 is 14.3 Å². The second-order valence-corrected chi connectivity index (χ2v) is 7.74. The zero-order valence-corrected chi connectivity index (χ0v) is 17.6. The highest BCUT2D eigenvalue weighted by molar-refractivity contribution is 8.13. The van der Waals surface area contributed by atoms with Crippen LogP contribution in [0, 0.1) is 13.8 Å². The summed E-state index contributed by atoms with van der Waals surface area (Å²) >= 11 is 1.63. The summed E-state index contributed by atoms with van der Waals surface area (Å²) in [6.45, 7) is 5.51. The molecule has 0 spiro atoms. The Kier molecular flexibility index (Phi) is 6.62. The molecule has 2 aromatic carbocycles. The fourth-order valence-electron chi connectivity index (χ4n) is 3.14. The van der Waals surface area contributed by atoms with Gasteiger partial charge in [0.2, 0.25) is 5.91 Å². The number of rotatable bonds is 6. The van der Waals surface area contributed by atoms with Crippen molar-refractivity contribution in [3.8, 4) is 11.5 Å². The van der Waals surface area contributed by atoms with Gasteiger partial charge in [-0.1, -0.05) is 41.6 Å². The van der Waals surface area contributed by atoms with E-state index in [1.165, 1.54) is 16.7 Å². The van der Waals surface area contributed by atoms with Crippen LogP contribution in [-0.2, 0) is 17.0 Å². The second kappa shape index (κ2) is 9.15. The van der Waals surface area contributed by atoms with Crippen LogP contribution in [0.5, 0.6) is 11.5 Å². The molecule has 5 nitrogen and oxygen atoms in total. The van der Waals surface area contributed by atoms with Crippen molar-refractivity contribution >= 4 is 22.8 Å². The number of hydrogen-bond acceptors (Lipinski definition) is 5. The van der Waals surface area contributed by atoms with E-state index >= 15 is 0 Å². The van der Waals surface area contributed by atoms with Crippen molar-refractivity contribution in [2.24, 2.45) is 4.99 Å². The molecule has 0 fully saturated rings. The van der Waals surface area contributed by atoms with E-state index in [4.69, 9.17) is 9.47 Å². The number of benzene rings is 2. The summed E-state index contributed by atoms with van der Waals surface area (Å²) in [5.74, 6) is 2.16. The van der Waals surface area contributed by atoms with Crippen LogP contribution in [0.25, 0.3) is 0 Å². The molecule has 0 N–H and O–H groups in total. The van der Waals surface area contributed by atoms with Gasteiger partial charge in [-0.3, -0.25) is 14.7 Å². The van der Waals surface area contributed by atoms with E-state index in [0.717, 1.165) is 16.5 Å². The van der Waals surface area contributed by atoms with Crippen LogP contribution < -0.4 is 9.47 Å². The Bertz CT molecular complexity index is 895. The number of carbonyl (C=O) groups is 1. The van der Waals surface area contributed by atoms with E-state index in [-0.39, 0.29) is 5.91 Å². The first kappa shape index (κ1) is 20.3. The summed E-state index contributed by atoms with van der Waals surface area (Å²) in [5.41, 5.74) is 4.69. The minimum Gasteiger partial charge on any atom is -0.493 e. The van der Waals surface area contributed by atoms with Gasteiger partial charge < -0.3 is 9.47 Å². The number of nitrogens with zero attached hydrogens (tertiary/aromatic N) is 2. The van der Waals surface area contributed by atoms with Gasteiger partial charge in [-0.15, -0.1) is 0 Å². The van der Waals surface area contributed by atoms with Gasteiger partial charge in [0.1, 0.15) is 0 Å². The molecule has 1 heterocycles. The fraction of sp³-hybridized carbons (Fsp3) is 0.364. The molecular weight excluding hydrogens is 372 g/mol. The number of hydrogen-bond donors (Lipinski definition) is 0. The number of thioether (sulfide) groups is 1. The summed E-state index contributed by atoms with van der Waals surface area (Å²) in [4.78, 5) is 19.2. The lowest BCUT2D eigenvalue weighted by atomic mass is 10.1. The van der Waals surface area contributed by atoms with Gasteiger partial charge in [-0.05, 0) is 42.7 Å². The topological polar surface area (TPSA) is 51.1 Å². The van der Waals surface area contributed by atoms with E-state index in [0.29, 0.717) is 31.0 Å². The Balaban J connectivity index is 1.65. The maximum absolute atomic E-state index is 12.9. The van der Waals surface area contributed by atoms with Crippen molar-refractivity contribution in [3.63, 3.8) is 0 Å². The van der Waals surface area contributed by atoms with Gasteiger partial charge >= 0.3 is 0 Å². The third-order valence-electron chi connectivity index (χ3n) is 4.77. The molecule has 1 aliphatic heterocycles. The number of amides is 1. The third kappa shape index (κ3) is 4.68. The van der Waals surface area contributed by atoms with E-state index < -0.39 is 0 Å². The summed E-state index contributed by atoms with van der Waals surface area (Å²) in [7, 11) is 3.20. The Labute approximate surface area is 170 Å². The van der Waals surface area contributed by atoms with Crippen LogP contribution >= 0.6 is 11.8 Å². The first-order chi connectivity index (χ1) is 13.5. The highest BCUT2D eigenvalue weighted by atomic mass is 32.2. The number of aliphatic imine (C=N–C) groups is 1. The van der Waals surface area contributed by atoms with E-state index in [2.05, 4.69) is 37.0 Å². The number of aryl methyl sites for hydroxylation is 2. The van der Waals surface area contributed by atoms with Gasteiger partial charge in [0, 0.05) is 12.3 Å². The molecule has 0 saturated carbocycles. The third-order valence-corrected chi connectivity index (χ3v) is 5.83. The van der Waals surface area contributed by atoms with Crippen LogP contribution in [-0.4, -0.2) is 43.3 Å². The standard InChI is InChI=1S/C22H26N2O3S/c1-15-5-6-16(2)18(11-15)14-28-22-23-9-10-24(22)21(25)13-17-7-8-19(26-3)20(12-17)27-4/h5-8,11-12H,9-10,13-14H2,1-4H3. The zero-order chi connectivity index (χ0) is 20.1. The van der Waals surface area contributed by atoms with E-state index in [9.17, 15) is 4.79 Å². The molecule has 3 rings (SSSR count). The molecule has 0 atom stereocenters. The van der Waals surface area contributed by atoms with Crippen LogP contribution in [0.15, 0.2) is 41.4 Å². The molecule has 0 aliphatic carbocycles. The highest BCUT2D eigenvalue weighted by Gasteiger charge is 2.24. The van der Waals surface area contributed by atoms with Crippen molar-refractivity contribution in [2.45, 2.75) is 26.0 Å². The molecule has 0 unspecified atom stereocenters. The number of carbonyl (C=O) groups excluding carboxylic acids is 1. The molecule has 6 heteroatoms. The number of ether oxygens (including phenoxy) is 2. The summed E-state index contributed by atoms with van der Waals surface area (Å²) in [5, 5.41) is 0.811. The minimum absolute atomic E-state index is 0.0527. The Hall–Kier alpha value is -2.47. The van der Waals surface area contributed by atoms with Gasteiger partial charge in [0.05, 0.1) is 27.2 Å².